The largest absolute Gasteiger partial charge is 0.395 e. The van der Waals surface area contributed by atoms with Crippen LogP contribution in [0.15, 0.2) is 0 Å². The highest BCUT2D eigenvalue weighted by Crippen LogP contribution is 2.12. The first kappa shape index (κ1) is 8.97. The maximum absolute atomic E-state index is 8.57. The Kier molecular flexibility index (Phi) is 3.83. The van der Waals surface area contributed by atoms with Crippen molar-refractivity contribution in [1.29, 1.82) is 0 Å². The zero-order valence-corrected chi connectivity index (χ0v) is 7.05. The summed E-state index contributed by atoms with van der Waals surface area (Å²) in [5.74, 6) is 0. The molecule has 0 saturated carbocycles. The quantitative estimate of drug-likeness (QED) is 0.615. The van der Waals surface area contributed by atoms with E-state index in [1.165, 1.54) is 0 Å². The van der Waals surface area contributed by atoms with Gasteiger partial charge in [0.05, 0.1) is 12.7 Å². The molecule has 0 aromatic rings. The van der Waals surface area contributed by atoms with E-state index < -0.39 is 0 Å². The first-order valence-corrected chi connectivity index (χ1v) is 4.28. The lowest BCUT2D eigenvalue weighted by atomic mass is 10.0. The molecule has 0 spiro atoms. The van der Waals surface area contributed by atoms with Crippen molar-refractivity contribution < 1.29 is 9.84 Å². The minimum absolute atomic E-state index is 0.228. The number of nitrogens with one attached hydrogen (secondary N) is 1. The Bertz CT molecular complexity index is 108. The number of aliphatic hydroxyl groups excluding tert-OH is 1. The molecule has 11 heavy (non-hydrogen) atoms. The van der Waals surface area contributed by atoms with Crippen LogP contribution in [0.5, 0.6) is 0 Å². The van der Waals surface area contributed by atoms with E-state index in [1.807, 2.05) is 0 Å². The van der Waals surface area contributed by atoms with E-state index in [0.29, 0.717) is 18.7 Å². The summed E-state index contributed by atoms with van der Waals surface area (Å²) in [7, 11) is 0. The van der Waals surface area contributed by atoms with Crippen LogP contribution in [0.3, 0.4) is 0 Å². The van der Waals surface area contributed by atoms with E-state index in [-0.39, 0.29) is 6.61 Å². The Labute approximate surface area is 67.7 Å². The summed E-state index contributed by atoms with van der Waals surface area (Å²) in [6.45, 7) is 3.88. The molecule has 1 aliphatic heterocycles. The Morgan fingerprint density at radius 3 is 3.09 bits per heavy atom. The minimum Gasteiger partial charge on any atom is -0.395 e. The molecule has 1 aliphatic rings. The number of hydrogen-bond acceptors (Lipinski definition) is 3. The highest BCUT2D eigenvalue weighted by atomic mass is 16.5. The van der Waals surface area contributed by atoms with Crippen molar-refractivity contribution in [1.82, 2.24) is 5.32 Å². The molecule has 0 aromatic carbocycles. The van der Waals surface area contributed by atoms with Crippen molar-refractivity contribution in [3.63, 3.8) is 0 Å². The van der Waals surface area contributed by atoms with E-state index in [1.54, 1.807) is 0 Å². The van der Waals surface area contributed by atoms with Gasteiger partial charge in [0.1, 0.15) is 0 Å². The topological polar surface area (TPSA) is 41.5 Å². The summed E-state index contributed by atoms with van der Waals surface area (Å²) in [6, 6.07) is 0.547. The van der Waals surface area contributed by atoms with Crippen molar-refractivity contribution in [3.05, 3.63) is 0 Å². The summed E-state index contributed by atoms with van der Waals surface area (Å²) in [6.07, 6.45) is 2.52. The molecule has 1 rings (SSSR count). The first-order chi connectivity index (χ1) is 5.33. The molecule has 2 atom stereocenters. The van der Waals surface area contributed by atoms with E-state index in [0.717, 1.165) is 19.4 Å². The van der Waals surface area contributed by atoms with E-state index in [2.05, 4.69) is 12.2 Å². The van der Waals surface area contributed by atoms with Crippen molar-refractivity contribution in [2.45, 2.75) is 31.9 Å². The second-order valence-corrected chi connectivity index (χ2v) is 3.08. The summed E-state index contributed by atoms with van der Waals surface area (Å²) in [4.78, 5) is 0. The number of ether oxygens (including phenoxy) is 1. The summed E-state index contributed by atoms with van der Waals surface area (Å²) >= 11 is 0. The van der Waals surface area contributed by atoms with Crippen LogP contribution in [-0.4, -0.2) is 37.0 Å². The second kappa shape index (κ2) is 4.70. The predicted molar refractivity (Wildman–Crippen MR) is 43.5 cm³/mol. The van der Waals surface area contributed by atoms with Crippen LogP contribution >= 0.6 is 0 Å². The van der Waals surface area contributed by atoms with Gasteiger partial charge < -0.3 is 15.2 Å². The fourth-order valence-electron chi connectivity index (χ4n) is 1.45. The Balaban J connectivity index is 2.12. The predicted octanol–water partition coefficient (Wildman–Crippen LogP) is 0.136. The SMILES string of the molecule is CC1CC(NCCO)CCO1. The van der Waals surface area contributed by atoms with Gasteiger partial charge in [-0.3, -0.25) is 0 Å². The van der Waals surface area contributed by atoms with Crippen molar-refractivity contribution in [2.75, 3.05) is 19.8 Å². The lowest BCUT2D eigenvalue weighted by molar-refractivity contribution is 0.0127. The molecule has 0 aliphatic carbocycles. The third kappa shape index (κ3) is 3.18. The lowest BCUT2D eigenvalue weighted by Gasteiger charge is -2.27. The molecule has 0 radical (unpaired) electrons. The Morgan fingerprint density at radius 2 is 2.45 bits per heavy atom. The van der Waals surface area contributed by atoms with Crippen LogP contribution in [0.2, 0.25) is 0 Å². The molecular weight excluding hydrogens is 142 g/mol. The van der Waals surface area contributed by atoms with Gasteiger partial charge in [-0.2, -0.15) is 0 Å². The number of rotatable bonds is 3. The lowest BCUT2D eigenvalue weighted by Crippen LogP contribution is -2.39. The van der Waals surface area contributed by atoms with Gasteiger partial charge in [0.25, 0.3) is 0 Å². The van der Waals surface area contributed by atoms with Gasteiger partial charge in [0.15, 0.2) is 0 Å². The molecule has 1 heterocycles. The normalized spacial score (nSPS) is 32.2. The zero-order chi connectivity index (χ0) is 8.10. The van der Waals surface area contributed by atoms with Crippen LogP contribution in [-0.2, 0) is 4.74 Å². The highest BCUT2D eigenvalue weighted by Gasteiger charge is 2.17. The van der Waals surface area contributed by atoms with Crippen molar-refractivity contribution >= 4 is 0 Å². The molecule has 66 valence electrons. The smallest absolute Gasteiger partial charge is 0.0561 e. The number of aliphatic hydroxyl groups is 1. The summed E-state index contributed by atoms with van der Waals surface area (Å²) in [5.41, 5.74) is 0. The third-order valence-corrected chi connectivity index (χ3v) is 2.03. The van der Waals surface area contributed by atoms with Crippen LogP contribution in [0.1, 0.15) is 19.8 Å². The van der Waals surface area contributed by atoms with Gasteiger partial charge in [-0.25, -0.2) is 0 Å². The minimum atomic E-state index is 0.228. The van der Waals surface area contributed by atoms with Gasteiger partial charge in [0, 0.05) is 19.2 Å². The van der Waals surface area contributed by atoms with E-state index in [9.17, 15) is 0 Å². The monoisotopic (exact) mass is 159 g/mol. The van der Waals surface area contributed by atoms with E-state index in [4.69, 9.17) is 9.84 Å². The van der Waals surface area contributed by atoms with Crippen molar-refractivity contribution in [3.8, 4) is 0 Å². The molecule has 1 fully saturated rings. The van der Waals surface area contributed by atoms with E-state index >= 15 is 0 Å². The van der Waals surface area contributed by atoms with Crippen LogP contribution in [0.25, 0.3) is 0 Å². The maximum atomic E-state index is 8.57. The molecule has 3 heteroatoms. The Hall–Kier alpha value is -0.120. The molecule has 1 saturated heterocycles. The van der Waals surface area contributed by atoms with Crippen LogP contribution in [0, 0.1) is 0 Å². The summed E-state index contributed by atoms with van der Waals surface area (Å²) < 4.78 is 5.39. The number of hydrogen-bond donors (Lipinski definition) is 2. The molecule has 0 aromatic heterocycles. The fourth-order valence-corrected chi connectivity index (χ4v) is 1.45. The van der Waals surface area contributed by atoms with Gasteiger partial charge in [-0.15, -0.1) is 0 Å². The molecule has 0 amide bonds. The maximum Gasteiger partial charge on any atom is 0.0561 e. The average molecular weight is 159 g/mol. The molecule has 2 N–H and O–H groups in total. The average Bonchev–Trinajstić information content (AvgIpc) is 2.01. The van der Waals surface area contributed by atoms with Gasteiger partial charge in [0.2, 0.25) is 0 Å². The molecule has 0 bridgehead atoms. The van der Waals surface area contributed by atoms with Crippen molar-refractivity contribution in [2.24, 2.45) is 0 Å². The zero-order valence-electron chi connectivity index (χ0n) is 7.05. The summed E-state index contributed by atoms with van der Waals surface area (Å²) in [5, 5.41) is 11.8. The van der Waals surface area contributed by atoms with Crippen LogP contribution in [0.4, 0.5) is 0 Å². The molecule has 2 unspecified atom stereocenters. The Morgan fingerprint density at radius 1 is 1.64 bits per heavy atom. The fraction of sp³-hybridized carbons (Fsp3) is 1.00. The highest BCUT2D eigenvalue weighted by molar-refractivity contribution is 4.73. The van der Waals surface area contributed by atoms with Gasteiger partial charge in [-0.1, -0.05) is 0 Å². The third-order valence-electron chi connectivity index (χ3n) is 2.03. The van der Waals surface area contributed by atoms with Gasteiger partial charge in [-0.05, 0) is 19.8 Å². The van der Waals surface area contributed by atoms with Crippen LogP contribution < -0.4 is 5.32 Å². The molecule has 3 nitrogen and oxygen atoms in total. The first-order valence-electron chi connectivity index (χ1n) is 4.28. The standard InChI is InChI=1S/C8H17NO2/c1-7-6-8(2-5-11-7)9-3-4-10/h7-10H,2-6H2,1H3. The molecular formula is C8H17NO2. The second-order valence-electron chi connectivity index (χ2n) is 3.08. The van der Waals surface area contributed by atoms with Gasteiger partial charge >= 0.3 is 0 Å².